The number of aliphatic carboxylic acids is 1. The molecule has 0 fully saturated rings. The van der Waals surface area contributed by atoms with Gasteiger partial charge in [-0.3, -0.25) is 4.79 Å². The van der Waals surface area contributed by atoms with Crippen molar-refractivity contribution in [3.05, 3.63) is 53.6 Å². The predicted octanol–water partition coefficient (Wildman–Crippen LogP) is 4.26. The third-order valence-corrected chi connectivity index (χ3v) is 3.64. The molecule has 0 atom stereocenters. The number of methoxy groups -OCH3 is 1. The van der Waals surface area contributed by atoms with Crippen molar-refractivity contribution in [1.82, 2.24) is 0 Å². The summed E-state index contributed by atoms with van der Waals surface area (Å²) >= 11 is 0. The first-order valence-corrected chi connectivity index (χ1v) is 8.48. The number of hydrogen-bond acceptors (Lipinski definition) is 6. The highest BCUT2D eigenvalue weighted by Crippen LogP contribution is 2.30. The van der Waals surface area contributed by atoms with Crippen molar-refractivity contribution in [2.24, 2.45) is 0 Å². The monoisotopic (exact) mass is 444 g/mol. The SMILES string of the molecule is COc1cc(C(=O)/C=C/c2ccc(OC(F)F)cc2OC(F)F)ccc1OCC(=O)O. The van der Waals surface area contributed by atoms with Gasteiger partial charge in [0.1, 0.15) is 11.5 Å². The Labute approximate surface area is 173 Å². The van der Waals surface area contributed by atoms with Crippen LogP contribution >= 0.6 is 0 Å². The summed E-state index contributed by atoms with van der Waals surface area (Å²) in [5, 5.41) is 8.67. The standard InChI is InChI=1S/C20H16F4O7/c1-28-17-8-12(4-7-15(17)29-10-18(26)27)14(25)6-3-11-2-5-13(30-19(21)22)9-16(11)31-20(23)24/h2-9,19-20H,10H2,1H3,(H,26,27)/b6-3+. The predicted molar refractivity (Wildman–Crippen MR) is 99.2 cm³/mol. The van der Waals surface area contributed by atoms with Crippen LogP contribution < -0.4 is 18.9 Å². The highest BCUT2D eigenvalue weighted by Gasteiger charge is 2.14. The molecule has 166 valence electrons. The molecule has 1 N–H and O–H groups in total. The fraction of sp³-hybridized carbons (Fsp3) is 0.200. The number of rotatable bonds is 11. The van der Waals surface area contributed by atoms with Gasteiger partial charge in [-0.2, -0.15) is 17.6 Å². The van der Waals surface area contributed by atoms with Gasteiger partial charge in [0.2, 0.25) is 0 Å². The Balaban J connectivity index is 2.24. The molecule has 0 spiro atoms. The van der Waals surface area contributed by atoms with Crippen molar-refractivity contribution >= 4 is 17.8 Å². The number of allylic oxidation sites excluding steroid dienone is 1. The molecular formula is C20H16F4O7. The minimum Gasteiger partial charge on any atom is -0.493 e. The number of halogens is 4. The van der Waals surface area contributed by atoms with Crippen molar-refractivity contribution in [2.75, 3.05) is 13.7 Å². The summed E-state index contributed by atoms with van der Waals surface area (Å²) in [6, 6.07) is 7.11. The van der Waals surface area contributed by atoms with Crippen molar-refractivity contribution in [1.29, 1.82) is 0 Å². The molecule has 0 aliphatic carbocycles. The number of carbonyl (C=O) groups is 2. The summed E-state index contributed by atoms with van der Waals surface area (Å²) in [5.74, 6) is -2.40. The first kappa shape index (κ1) is 23.5. The summed E-state index contributed by atoms with van der Waals surface area (Å²) in [6.45, 7) is -6.99. The van der Waals surface area contributed by atoms with Crippen LogP contribution in [0, 0.1) is 0 Å². The lowest BCUT2D eigenvalue weighted by Crippen LogP contribution is -2.10. The van der Waals surface area contributed by atoms with Gasteiger partial charge < -0.3 is 24.1 Å². The second kappa shape index (κ2) is 10.9. The lowest BCUT2D eigenvalue weighted by atomic mass is 10.1. The van der Waals surface area contributed by atoms with E-state index in [1.54, 1.807) is 0 Å². The number of alkyl halides is 4. The number of hydrogen-bond donors (Lipinski definition) is 1. The van der Waals surface area contributed by atoms with E-state index in [-0.39, 0.29) is 22.6 Å². The summed E-state index contributed by atoms with van der Waals surface area (Å²) < 4.78 is 68.4. The highest BCUT2D eigenvalue weighted by atomic mass is 19.3. The molecule has 0 bridgehead atoms. The fourth-order valence-electron chi connectivity index (χ4n) is 2.37. The van der Waals surface area contributed by atoms with Crippen LogP contribution in [0.3, 0.4) is 0 Å². The minimum atomic E-state index is -3.23. The lowest BCUT2D eigenvalue weighted by molar-refractivity contribution is -0.139. The topological polar surface area (TPSA) is 91.3 Å². The van der Waals surface area contributed by atoms with Crippen LogP contribution in [-0.2, 0) is 4.79 Å². The van der Waals surface area contributed by atoms with E-state index >= 15 is 0 Å². The maximum Gasteiger partial charge on any atom is 0.387 e. The van der Waals surface area contributed by atoms with E-state index in [0.29, 0.717) is 0 Å². The Hall–Kier alpha value is -3.76. The van der Waals surface area contributed by atoms with E-state index in [1.165, 1.54) is 31.4 Å². The van der Waals surface area contributed by atoms with Gasteiger partial charge in [0.05, 0.1) is 7.11 Å². The van der Waals surface area contributed by atoms with Crippen LogP contribution in [-0.4, -0.2) is 43.8 Å². The van der Waals surface area contributed by atoms with Gasteiger partial charge in [-0.05, 0) is 42.5 Å². The maximum absolute atomic E-state index is 12.6. The number of ether oxygens (including phenoxy) is 4. The summed E-state index contributed by atoms with van der Waals surface area (Å²) in [5.41, 5.74) is 0.147. The molecule has 0 aliphatic heterocycles. The van der Waals surface area contributed by atoms with Gasteiger partial charge in [-0.1, -0.05) is 0 Å². The quantitative estimate of drug-likeness (QED) is 0.315. The average Bonchev–Trinajstić information content (AvgIpc) is 2.70. The molecule has 0 radical (unpaired) electrons. The maximum atomic E-state index is 12.6. The zero-order valence-corrected chi connectivity index (χ0v) is 15.9. The van der Waals surface area contributed by atoms with Crippen molar-refractivity contribution in [3.8, 4) is 23.0 Å². The molecule has 7 nitrogen and oxygen atoms in total. The summed E-state index contributed by atoms with van der Waals surface area (Å²) in [7, 11) is 1.30. The molecule has 0 aliphatic rings. The molecule has 2 rings (SSSR count). The molecule has 2 aromatic carbocycles. The largest absolute Gasteiger partial charge is 0.493 e. The molecule has 2 aromatic rings. The van der Waals surface area contributed by atoms with Gasteiger partial charge in [-0.15, -0.1) is 0 Å². The van der Waals surface area contributed by atoms with Gasteiger partial charge in [0.25, 0.3) is 0 Å². The molecule has 31 heavy (non-hydrogen) atoms. The van der Waals surface area contributed by atoms with Crippen LogP contribution in [0.2, 0.25) is 0 Å². The van der Waals surface area contributed by atoms with E-state index in [2.05, 4.69) is 9.47 Å². The smallest absolute Gasteiger partial charge is 0.387 e. The molecule has 0 amide bonds. The lowest BCUT2D eigenvalue weighted by Gasteiger charge is -2.11. The molecule has 0 heterocycles. The van der Waals surface area contributed by atoms with E-state index in [0.717, 1.165) is 24.3 Å². The van der Waals surface area contributed by atoms with Crippen LogP contribution in [0.1, 0.15) is 15.9 Å². The zero-order valence-electron chi connectivity index (χ0n) is 15.9. The Morgan fingerprint density at radius 1 is 0.968 bits per heavy atom. The number of benzene rings is 2. The van der Waals surface area contributed by atoms with Gasteiger partial charge in [0.15, 0.2) is 23.9 Å². The van der Waals surface area contributed by atoms with E-state index in [9.17, 15) is 27.2 Å². The second-order valence-corrected chi connectivity index (χ2v) is 5.70. The first-order valence-electron chi connectivity index (χ1n) is 8.48. The average molecular weight is 444 g/mol. The van der Waals surface area contributed by atoms with Gasteiger partial charge in [0, 0.05) is 17.2 Å². The van der Waals surface area contributed by atoms with Crippen molar-refractivity contribution in [3.63, 3.8) is 0 Å². The Kier molecular flexibility index (Phi) is 8.24. The molecule has 0 saturated carbocycles. The summed E-state index contributed by atoms with van der Waals surface area (Å²) in [6.07, 6.45) is 2.21. The first-order chi connectivity index (χ1) is 14.7. The van der Waals surface area contributed by atoms with Crippen LogP contribution in [0.25, 0.3) is 6.08 Å². The zero-order chi connectivity index (χ0) is 23.0. The Morgan fingerprint density at radius 3 is 2.29 bits per heavy atom. The molecular weight excluding hydrogens is 428 g/mol. The number of carbonyl (C=O) groups excluding carboxylic acids is 1. The number of ketones is 1. The van der Waals surface area contributed by atoms with Crippen molar-refractivity contribution < 1.29 is 51.2 Å². The fourth-order valence-corrected chi connectivity index (χ4v) is 2.37. The Bertz CT molecular complexity index is 961. The highest BCUT2D eigenvalue weighted by molar-refractivity contribution is 6.07. The van der Waals surface area contributed by atoms with Crippen molar-refractivity contribution in [2.45, 2.75) is 13.2 Å². The minimum absolute atomic E-state index is 0.0173. The summed E-state index contributed by atoms with van der Waals surface area (Å²) in [4.78, 5) is 23.0. The molecule has 0 saturated heterocycles. The van der Waals surface area contributed by atoms with Crippen LogP contribution in [0.5, 0.6) is 23.0 Å². The number of carboxylic acids is 1. The Morgan fingerprint density at radius 2 is 1.68 bits per heavy atom. The van der Waals surface area contributed by atoms with Crippen LogP contribution in [0.15, 0.2) is 42.5 Å². The van der Waals surface area contributed by atoms with Gasteiger partial charge >= 0.3 is 19.2 Å². The third kappa shape index (κ3) is 7.21. The van der Waals surface area contributed by atoms with E-state index in [4.69, 9.17) is 14.6 Å². The van der Waals surface area contributed by atoms with Crippen LogP contribution in [0.4, 0.5) is 17.6 Å². The van der Waals surface area contributed by atoms with Gasteiger partial charge in [-0.25, -0.2) is 4.79 Å². The van der Waals surface area contributed by atoms with E-state index < -0.39 is 43.1 Å². The molecule has 0 aromatic heterocycles. The molecule has 0 unspecified atom stereocenters. The third-order valence-electron chi connectivity index (χ3n) is 3.64. The molecule has 11 heteroatoms. The van der Waals surface area contributed by atoms with E-state index in [1.807, 2.05) is 0 Å². The second-order valence-electron chi connectivity index (χ2n) is 5.70. The normalized spacial score (nSPS) is 11.1. The number of carboxylic acid groups (broad SMARTS) is 1.